The van der Waals surface area contributed by atoms with Crippen molar-refractivity contribution in [2.45, 2.75) is 116 Å². The van der Waals surface area contributed by atoms with E-state index < -0.39 is 0 Å². The molecule has 0 atom stereocenters. The molecule has 0 amide bonds. The summed E-state index contributed by atoms with van der Waals surface area (Å²) in [5, 5.41) is 0. The van der Waals surface area contributed by atoms with Gasteiger partial charge in [0.25, 0.3) is 0 Å². The van der Waals surface area contributed by atoms with Crippen molar-refractivity contribution in [3.05, 3.63) is 0 Å². The van der Waals surface area contributed by atoms with Crippen LogP contribution in [0, 0.1) is 0 Å². The lowest BCUT2D eigenvalue weighted by atomic mass is 10.0. The SMILES string of the molecule is CCCCCCCCCCC(=O)CCCCCCCCC(=O)OC. The van der Waals surface area contributed by atoms with Gasteiger partial charge in [0.1, 0.15) is 5.78 Å². The van der Waals surface area contributed by atoms with Crippen molar-refractivity contribution in [2.24, 2.45) is 0 Å². The number of rotatable bonds is 18. The van der Waals surface area contributed by atoms with Crippen LogP contribution in [0.15, 0.2) is 0 Å². The van der Waals surface area contributed by atoms with Crippen molar-refractivity contribution in [3.8, 4) is 0 Å². The molecule has 0 aliphatic heterocycles. The van der Waals surface area contributed by atoms with Gasteiger partial charge < -0.3 is 4.74 Å². The second-order valence-electron chi connectivity index (χ2n) is 6.96. The summed E-state index contributed by atoms with van der Waals surface area (Å²) in [6, 6.07) is 0. The first-order valence-electron chi connectivity index (χ1n) is 10.3. The Morgan fingerprint density at radius 3 is 1.38 bits per heavy atom. The second kappa shape index (κ2) is 18.5. The lowest BCUT2D eigenvalue weighted by Crippen LogP contribution is -1.99. The Labute approximate surface area is 149 Å². The Hall–Kier alpha value is -0.860. The minimum atomic E-state index is -0.110. The molecule has 24 heavy (non-hydrogen) atoms. The van der Waals surface area contributed by atoms with E-state index in [0.717, 1.165) is 51.4 Å². The molecule has 0 unspecified atom stereocenters. The fraction of sp³-hybridized carbons (Fsp3) is 0.905. The summed E-state index contributed by atoms with van der Waals surface area (Å²) in [6.45, 7) is 2.25. The molecule has 0 saturated carbocycles. The number of esters is 1. The zero-order valence-electron chi connectivity index (χ0n) is 16.2. The van der Waals surface area contributed by atoms with Crippen LogP contribution in [0.3, 0.4) is 0 Å². The first-order chi connectivity index (χ1) is 11.7. The lowest BCUT2D eigenvalue weighted by Gasteiger charge is -2.03. The molecule has 0 fully saturated rings. The van der Waals surface area contributed by atoms with E-state index in [1.54, 1.807) is 0 Å². The van der Waals surface area contributed by atoms with Crippen LogP contribution >= 0.6 is 0 Å². The number of hydrogen-bond acceptors (Lipinski definition) is 3. The van der Waals surface area contributed by atoms with Gasteiger partial charge in [0.05, 0.1) is 7.11 Å². The summed E-state index contributed by atoms with van der Waals surface area (Å²) in [5.41, 5.74) is 0. The average molecular weight is 341 g/mol. The van der Waals surface area contributed by atoms with Gasteiger partial charge in [0.15, 0.2) is 0 Å². The number of methoxy groups -OCH3 is 1. The number of hydrogen-bond donors (Lipinski definition) is 0. The lowest BCUT2D eigenvalue weighted by molar-refractivity contribution is -0.140. The third-order valence-electron chi connectivity index (χ3n) is 4.62. The normalized spacial score (nSPS) is 10.8. The number of ketones is 1. The molecule has 3 heteroatoms. The summed E-state index contributed by atoms with van der Waals surface area (Å²) in [6.07, 6.45) is 18.9. The predicted octanol–water partition coefficient (Wildman–Crippen LogP) is 6.38. The van der Waals surface area contributed by atoms with Crippen LogP contribution in [0.5, 0.6) is 0 Å². The van der Waals surface area contributed by atoms with Crippen molar-refractivity contribution in [1.29, 1.82) is 0 Å². The zero-order chi connectivity index (χ0) is 17.9. The van der Waals surface area contributed by atoms with E-state index in [0.29, 0.717) is 12.2 Å². The van der Waals surface area contributed by atoms with Gasteiger partial charge in [-0.3, -0.25) is 9.59 Å². The highest BCUT2D eigenvalue weighted by Crippen LogP contribution is 2.12. The number of ether oxygens (including phenoxy) is 1. The first-order valence-corrected chi connectivity index (χ1v) is 10.3. The van der Waals surface area contributed by atoms with Crippen LogP contribution < -0.4 is 0 Å². The summed E-state index contributed by atoms with van der Waals surface area (Å²) < 4.78 is 4.61. The molecule has 3 nitrogen and oxygen atoms in total. The van der Waals surface area contributed by atoms with E-state index >= 15 is 0 Å². The van der Waals surface area contributed by atoms with Gasteiger partial charge in [-0.1, -0.05) is 77.6 Å². The van der Waals surface area contributed by atoms with Crippen LogP contribution in [-0.2, 0) is 14.3 Å². The molecule has 0 aromatic heterocycles. The van der Waals surface area contributed by atoms with E-state index in [4.69, 9.17) is 0 Å². The molecule has 0 bridgehead atoms. The number of carbonyl (C=O) groups excluding carboxylic acids is 2. The molecule has 0 radical (unpaired) electrons. The molecule has 0 saturated heterocycles. The molecular weight excluding hydrogens is 300 g/mol. The fourth-order valence-electron chi connectivity index (χ4n) is 2.98. The molecule has 0 aromatic rings. The van der Waals surface area contributed by atoms with E-state index in [-0.39, 0.29) is 5.97 Å². The molecule has 0 aromatic carbocycles. The van der Waals surface area contributed by atoms with Crippen molar-refractivity contribution in [3.63, 3.8) is 0 Å². The highest BCUT2D eigenvalue weighted by molar-refractivity contribution is 5.78. The molecule has 0 aliphatic carbocycles. The smallest absolute Gasteiger partial charge is 0.305 e. The minimum absolute atomic E-state index is 0.110. The molecule has 0 heterocycles. The van der Waals surface area contributed by atoms with Crippen LogP contribution in [-0.4, -0.2) is 18.9 Å². The number of unbranched alkanes of at least 4 members (excludes halogenated alkanes) is 12. The third-order valence-corrected chi connectivity index (χ3v) is 4.62. The van der Waals surface area contributed by atoms with E-state index in [9.17, 15) is 9.59 Å². The highest BCUT2D eigenvalue weighted by atomic mass is 16.5. The van der Waals surface area contributed by atoms with Crippen molar-refractivity contribution in [2.75, 3.05) is 7.11 Å². The topological polar surface area (TPSA) is 43.4 Å². The van der Waals surface area contributed by atoms with Crippen LogP contribution in [0.2, 0.25) is 0 Å². The van der Waals surface area contributed by atoms with Gasteiger partial charge in [0.2, 0.25) is 0 Å². The monoisotopic (exact) mass is 340 g/mol. The zero-order valence-corrected chi connectivity index (χ0v) is 16.2. The van der Waals surface area contributed by atoms with Crippen LogP contribution in [0.1, 0.15) is 116 Å². The molecular formula is C21H40O3. The fourth-order valence-corrected chi connectivity index (χ4v) is 2.98. The quantitative estimate of drug-likeness (QED) is 0.215. The molecule has 0 spiro atoms. The van der Waals surface area contributed by atoms with E-state index in [1.165, 1.54) is 58.5 Å². The first kappa shape index (κ1) is 23.1. The van der Waals surface area contributed by atoms with Gasteiger partial charge in [0, 0.05) is 19.3 Å². The molecule has 0 rings (SSSR count). The largest absolute Gasteiger partial charge is 0.469 e. The summed E-state index contributed by atoms with van der Waals surface area (Å²) in [5.74, 6) is 0.341. The van der Waals surface area contributed by atoms with Gasteiger partial charge >= 0.3 is 5.97 Å². The van der Waals surface area contributed by atoms with E-state index in [1.807, 2.05) is 0 Å². The summed E-state index contributed by atoms with van der Waals surface area (Å²) >= 11 is 0. The Balaban J connectivity index is 3.20. The maximum absolute atomic E-state index is 11.8. The predicted molar refractivity (Wildman–Crippen MR) is 101 cm³/mol. The van der Waals surface area contributed by atoms with Crippen molar-refractivity contribution < 1.29 is 14.3 Å². The summed E-state index contributed by atoms with van der Waals surface area (Å²) in [4.78, 5) is 22.8. The molecule has 142 valence electrons. The van der Waals surface area contributed by atoms with Crippen LogP contribution in [0.4, 0.5) is 0 Å². The maximum atomic E-state index is 11.8. The Bertz CT molecular complexity index is 299. The maximum Gasteiger partial charge on any atom is 0.305 e. The van der Waals surface area contributed by atoms with Crippen molar-refractivity contribution in [1.82, 2.24) is 0 Å². The van der Waals surface area contributed by atoms with E-state index in [2.05, 4.69) is 11.7 Å². The van der Waals surface area contributed by atoms with Gasteiger partial charge in [-0.25, -0.2) is 0 Å². The van der Waals surface area contributed by atoms with Gasteiger partial charge in [-0.2, -0.15) is 0 Å². The van der Waals surface area contributed by atoms with Gasteiger partial charge in [-0.15, -0.1) is 0 Å². The van der Waals surface area contributed by atoms with Gasteiger partial charge in [-0.05, 0) is 19.3 Å². The third kappa shape index (κ3) is 17.5. The minimum Gasteiger partial charge on any atom is -0.469 e. The Kier molecular flexibility index (Phi) is 17.8. The highest BCUT2D eigenvalue weighted by Gasteiger charge is 2.02. The Morgan fingerprint density at radius 2 is 0.958 bits per heavy atom. The average Bonchev–Trinajstić information content (AvgIpc) is 2.59. The molecule has 0 aliphatic rings. The molecule has 0 N–H and O–H groups in total. The number of Topliss-reactive ketones (excluding diaryl/α,β-unsaturated/α-hetero) is 1. The summed E-state index contributed by atoms with van der Waals surface area (Å²) in [7, 11) is 1.44. The van der Waals surface area contributed by atoms with Crippen LogP contribution in [0.25, 0.3) is 0 Å². The van der Waals surface area contributed by atoms with Crippen molar-refractivity contribution >= 4 is 11.8 Å². The Morgan fingerprint density at radius 1 is 0.583 bits per heavy atom. The second-order valence-corrected chi connectivity index (χ2v) is 6.96. The number of carbonyl (C=O) groups is 2. The standard InChI is InChI=1S/C21H40O3/c1-3-4-5-6-7-8-11-14-17-20(22)18-15-12-9-10-13-16-19-21(23)24-2/h3-19H2,1-2H3.